The monoisotopic (exact) mass is 398 g/mol. The number of nitrogens with zero attached hydrogens (tertiary/aromatic N) is 1. The molecule has 1 aliphatic carbocycles. The molecule has 1 N–H and O–H groups in total. The number of carbonyl (C=O) groups excluding carboxylic acids is 2. The molecule has 4 nitrogen and oxygen atoms in total. The lowest BCUT2D eigenvalue weighted by atomic mass is 10.1. The topological polar surface area (TPSA) is 49.4 Å². The van der Waals surface area contributed by atoms with Crippen LogP contribution in [0.25, 0.3) is 0 Å². The van der Waals surface area contributed by atoms with Gasteiger partial charge in [-0.25, -0.2) is 0 Å². The van der Waals surface area contributed by atoms with Crippen LogP contribution in [-0.2, 0) is 16.1 Å². The van der Waals surface area contributed by atoms with Crippen LogP contribution < -0.4 is 5.32 Å². The van der Waals surface area contributed by atoms with Crippen LogP contribution in [0.2, 0.25) is 10.0 Å². The Morgan fingerprint density at radius 3 is 2.35 bits per heavy atom. The Balaban J connectivity index is 2.23. The summed E-state index contributed by atoms with van der Waals surface area (Å²) in [6.07, 6.45) is 6.01. The van der Waals surface area contributed by atoms with Crippen molar-refractivity contribution in [2.75, 3.05) is 0 Å². The minimum atomic E-state index is -0.512. The van der Waals surface area contributed by atoms with Gasteiger partial charge in [-0.2, -0.15) is 0 Å². The molecule has 0 bridgehead atoms. The third kappa shape index (κ3) is 5.37. The Hall–Kier alpha value is -1.26. The second kappa shape index (κ2) is 10.2. The maximum Gasteiger partial charge on any atom is 0.243 e. The molecule has 144 valence electrons. The van der Waals surface area contributed by atoms with E-state index in [0.717, 1.165) is 32.1 Å². The van der Waals surface area contributed by atoms with Gasteiger partial charge in [0.25, 0.3) is 0 Å². The predicted octanol–water partition coefficient (Wildman–Crippen LogP) is 4.96. The van der Waals surface area contributed by atoms with Crippen molar-refractivity contribution < 1.29 is 9.59 Å². The van der Waals surface area contributed by atoms with Gasteiger partial charge < -0.3 is 10.2 Å². The van der Waals surface area contributed by atoms with E-state index in [1.165, 1.54) is 0 Å². The van der Waals surface area contributed by atoms with Crippen LogP contribution in [0.3, 0.4) is 0 Å². The average molecular weight is 399 g/mol. The fourth-order valence-corrected chi connectivity index (χ4v) is 4.02. The summed E-state index contributed by atoms with van der Waals surface area (Å²) in [6, 6.07) is 5.00. The van der Waals surface area contributed by atoms with Crippen LogP contribution in [-0.4, -0.2) is 28.8 Å². The van der Waals surface area contributed by atoms with E-state index < -0.39 is 6.04 Å². The molecular weight excluding hydrogens is 371 g/mol. The Labute approximate surface area is 166 Å². The van der Waals surface area contributed by atoms with Crippen LogP contribution in [0.4, 0.5) is 0 Å². The number of hydrogen-bond acceptors (Lipinski definition) is 2. The lowest BCUT2D eigenvalue weighted by molar-refractivity contribution is -0.141. The summed E-state index contributed by atoms with van der Waals surface area (Å²) in [6.45, 7) is 4.13. The second-order valence-corrected chi connectivity index (χ2v) is 7.70. The van der Waals surface area contributed by atoms with Gasteiger partial charge in [0.1, 0.15) is 6.04 Å². The molecule has 2 rings (SSSR count). The Kier molecular flexibility index (Phi) is 8.23. The zero-order valence-corrected chi connectivity index (χ0v) is 17.1. The molecule has 6 heteroatoms. The third-order valence-corrected chi connectivity index (χ3v) is 5.65. The third-order valence-electron chi connectivity index (χ3n) is 4.94. The quantitative estimate of drug-likeness (QED) is 0.672. The van der Waals surface area contributed by atoms with Crippen molar-refractivity contribution in [2.45, 2.75) is 77.4 Å². The van der Waals surface area contributed by atoms with Crippen molar-refractivity contribution in [3.63, 3.8) is 0 Å². The molecule has 0 aliphatic heterocycles. The summed E-state index contributed by atoms with van der Waals surface area (Å²) in [4.78, 5) is 27.3. The minimum Gasteiger partial charge on any atom is -0.352 e. The highest BCUT2D eigenvalue weighted by atomic mass is 35.5. The highest BCUT2D eigenvalue weighted by Gasteiger charge is 2.30. The molecule has 0 radical (unpaired) electrons. The van der Waals surface area contributed by atoms with E-state index in [1.54, 1.807) is 23.1 Å². The van der Waals surface area contributed by atoms with E-state index in [-0.39, 0.29) is 24.4 Å². The van der Waals surface area contributed by atoms with Crippen molar-refractivity contribution in [3.8, 4) is 0 Å². The predicted molar refractivity (Wildman–Crippen MR) is 106 cm³/mol. The van der Waals surface area contributed by atoms with Crippen LogP contribution in [0.1, 0.15) is 64.4 Å². The van der Waals surface area contributed by atoms with Crippen molar-refractivity contribution in [2.24, 2.45) is 0 Å². The van der Waals surface area contributed by atoms with Crippen LogP contribution in [0, 0.1) is 0 Å². The summed E-state index contributed by atoms with van der Waals surface area (Å²) in [5, 5.41) is 4.15. The molecule has 26 heavy (non-hydrogen) atoms. The summed E-state index contributed by atoms with van der Waals surface area (Å²) in [5.41, 5.74) is 0.687. The zero-order chi connectivity index (χ0) is 19.1. The Bertz CT molecular complexity index is 610. The summed E-state index contributed by atoms with van der Waals surface area (Å²) >= 11 is 12.6. The number of nitrogens with one attached hydrogen (secondary N) is 1. The molecule has 1 aromatic rings. The first-order chi connectivity index (χ1) is 12.5. The Morgan fingerprint density at radius 2 is 1.81 bits per heavy atom. The van der Waals surface area contributed by atoms with Gasteiger partial charge in [0.05, 0.1) is 0 Å². The number of benzene rings is 1. The lowest BCUT2D eigenvalue weighted by Crippen LogP contribution is -2.50. The van der Waals surface area contributed by atoms with Crippen LogP contribution in [0.5, 0.6) is 0 Å². The van der Waals surface area contributed by atoms with E-state index >= 15 is 0 Å². The first-order valence-corrected chi connectivity index (χ1v) is 10.3. The first kappa shape index (κ1) is 21.0. The zero-order valence-electron chi connectivity index (χ0n) is 15.6. The first-order valence-electron chi connectivity index (χ1n) is 9.50. The summed E-state index contributed by atoms with van der Waals surface area (Å²) < 4.78 is 0. The molecule has 1 aliphatic rings. The van der Waals surface area contributed by atoms with Gasteiger partial charge in [-0.1, -0.05) is 56.0 Å². The van der Waals surface area contributed by atoms with E-state index in [2.05, 4.69) is 5.32 Å². The van der Waals surface area contributed by atoms with Crippen molar-refractivity contribution in [1.29, 1.82) is 0 Å². The number of rotatable bonds is 8. The maximum absolute atomic E-state index is 12.9. The normalized spacial score (nSPS) is 15.7. The van der Waals surface area contributed by atoms with Crippen LogP contribution in [0.15, 0.2) is 18.2 Å². The van der Waals surface area contributed by atoms with Gasteiger partial charge >= 0.3 is 0 Å². The van der Waals surface area contributed by atoms with Gasteiger partial charge in [-0.15, -0.1) is 0 Å². The molecule has 1 saturated carbocycles. The molecule has 2 amide bonds. The molecule has 0 spiro atoms. The number of carbonyl (C=O) groups is 2. The molecule has 1 aromatic carbocycles. The van der Waals surface area contributed by atoms with Crippen LogP contribution >= 0.6 is 23.2 Å². The molecule has 0 heterocycles. The molecular formula is C20H28Cl2N2O2. The second-order valence-electron chi connectivity index (χ2n) is 6.89. The molecule has 1 atom stereocenters. The highest BCUT2D eigenvalue weighted by Crippen LogP contribution is 2.27. The Morgan fingerprint density at radius 1 is 1.19 bits per heavy atom. The van der Waals surface area contributed by atoms with Gasteiger partial charge in [0.2, 0.25) is 11.8 Å². The lowest BCUT2D eigenvalue weighted by Gasteiger charge is -2.32. The summed E-state index contributed by atoms with van der Waals surface area (Å²) in [7, 11) is 0. The van der Waals surface area contributed by atoms with Gasteiger partial charge in [0.15, 0.2) is 0 Å². The fourth-order valence-electron chi connectivity index (χ4n) is 3.50. The number of halogens is 2. The highest BCUT2D eigenvalue weighted by molar-refractivity contribution is 6.36. The average Bonchev–Trinajstić information content (AvgIpc) is 3.10. The SMILES string of the molecule is CCCC(=O)N(Cc1c(Cl)cccc1Cl)[C@@H](CC)C(=O)NC1CCCC1. The van der Waals surface area contributed by atoms with Gasteiger partial charge in [0, 0.05) is 34.6 Å². The number of amides is 2. The van der Waals surface area contributed by atoms with E-state index in [4.69, 9.17) is 23.2 Å². The number of hydrogen-bond donors (Lipinski definition) is 1. The molecule has 1 fully saturated rings. The van der Waals surface area contributed by atoms with Crippen molar-refractivity contribution >= 4 is 35.0 Å². The van der Waals surface area contributed by atoms with Crippen molar-refractivity contribution in [3.05, 3.63) is 33.8 Å². The molecule has 0 aromatic heterocycles. The minimum absolute atomic E-state index is 0.0445. The van der Waals surface area contributed by atoms with Crippen molar-refractivity contribution in [1.82, 2.24) is 10.2 Å². The largest absolute Gasteiger partial charge is 0.352 e. The van der Waals surface area contributed by atoms with E-state index in [0.29, 0.717) is 28.5 Å². The smallest absolute Gasteiger partial charge is 0.243 e. The maximum atomic E-state index is 12.9. The van der Waals surface area contributed by atoms with Gasteiger partial charge in [-0.05, 0) is 37.8 Å². The molecule has 0 saturated heterocycles. The fraction of sp³-hybridized carbons (Fsp3) is 0.600. The van der Waals surface area contributed by atoms with E-state index in [1.807, 2.05) is 13.8 Å². The van der Waals surface area contributed by atoms with E-state index in [9.17, 15) is 9.59 Å². The summed E-state index contributed by atoms with van der Waals surface area (Å²) in [5.74, 6) is -0.121. The van der Waals surface area contributed by atoms with Gasteiger partial charge in [-0.3, -0.25) is 9.59 Å². The standard InChI is InChI=1S/C20H28Cl2N2O2/c1-3-8-19(25)24(13-15-16(21)11-7-12-17(15)22)18(4-2)20(26)23-14-9-5-6-10-14/h7,11-12,14,18H,3-6,8-10,13H2,1-2H3,(H,23,26)/t18-/m0/s1. The molecule has 0 unspecified atom stereocenters.